The van der Waals surface area contributed by atoms with E-state index in [4.69, 9.17) is 10.8 Å². The van der Waals surface area contributed by atoms with Crippen LogP contribution in [0, 0.1) is 5.92 Å². The highest BCUT2D eigenvalue weighted by Crippen LogP contribution is 2.20. The lowest BCUT2D eigenvalue weighted by Gasteiger charge is -2.36. The monoisotopic (exact) mass is 258 g/mol. The van der Waals surface area contributed by atoms with Crippen molar-refractivity contribution >= 4 is 11.9 Å². The number of ether oxygens (including phenoxy) is 1. The summed E-state index contributed by atoms with van der Waals surface area (Å²) in [5, 5.41) is 8.68. The first-order chi connectivity index (χ1) is 8.51. The van der Waals surface area contributed by atoms with Crippen molar-refractivity contribution in [3.63, 3.8) is 0 Å². The second-order valence-electron chi connectivity index (χ2n) is 4.88. The smallest absolute Gasteiger partial charge is 0.306 e. The largest absolute Gasteiger partial charge is 0.481 e. The Morgan fingerprint density at radius 3 is 2.72 bits per heavy atom. The number of carboxylic acids is 1. The molecule has 2 atom stereocenters. The van der Waals surface area contributed by atoms with E-state index < -0.39 is 5.97 Å². The lowest BCUT2D eigenvalue weighted by Crippen LogP contribution is -2.47. The van der Waals surface area contributed by atoms with Gasteiger partial charge in [0.05, 0.1) is 13.5 Å². The molecule has 0 aromatic rings. The van der Waals surface area contributed by atoms with Crippen molar-refractivity contribution in [1.82, 2.24) is 4.90 Å². The fourth-order valence-corrected chi connectivity index (χ4v) is 2.42. The number of carbonyl (C=O) groups is 2. The van der Waals surface area contributed by atoms with Crippen molar-refractivity contribution in [2.24, 2.45) is 11.7 Å². The van der Waals surface area contributed by atoms with Crippen LogP contribution in [-0.2, 0) is 14.3 Å². The quantitative estimate of drug-likeness (QED) is 0.655. The molecule has 0 bridgehead atoms. The van der Waals surface area contributed by atoms with Crippen LogP contribution in [0.25, 0.3) is 0 Å². The van der Waals surface area contributed by atoms with Gasteiger partial charge >= 0.3 is 11.9 Å². The lowest BCUT2D eigenvalue weighted by atomic mass is 9.90. The summed E-state index contributed by atoms with van der Waals surface area (Å²) in [5.74, 6) is -0.686. The molecule has 0 aliphatic carbocycles. The molecule has 1 saturated heterocycles. The summed E-state index contributed by atoms with van der Waals surface area (Å²) in [5.41, 5.74) is 5.96. The van der Waals surface area contributed by atoms with Crippen molar-refractivity contribution in [3.8, 4) is 0 Å². The summed E-state index contributed by atoms with van der Waals surface area (Å²) in [6.07, 6.45) is 2.05. The Kier molecular flexibility index (Phi) is 6.07. The van der Waals surface area contributed by atoms with E-state index in [2.05, 4.69) is 9.64 Å². The topological polar surface area (TPSA) is 92.9 Å². The van der Waals surface area contributed by atoms with Gasteiger partial charge in [-0.25, -0.2) is 0 Å². The Bertz CT molecular complexity index is 296. The predicted octanol–water partition coefficient (Wildman–Crippen LogP) is 0.0635. The Hall–Kier alpha value is -1.14. The van der Waals surface area contributed by atoms with Gasteiger partial charge in [0.2, 0.25) is 0 Å². The van der Waals surface area contributed by atoms with Crippen LogP contribution in [0.15, 0.2) is 0 Å². The van der Waals surface area contributed by atoms with Crippen LogP contribution in [0.3, 0.4) is 0 Å². The van der Waals surface area contributed by atoms with E-state index in [1.807, 2.05) is 0 Å². The average Bonchev–Trinajstić information content (AvgIpc) is 2.33. The molecule has 1 aliphatic rings. The summed E-state index contributed by atoms with van der Waals surface area (Å²) < 4.78 is 4.60. The normalized spacial score (nSPS) is 24.8. The van der Waals surface area contributed by atoms with Gasteiger partial charge in [-0.15, -0.1) is 0 Å². The highest BCUT2D eigenvalue weighted by Gasteiger charge is 2.25. The zero-order valence-electron chi connectivity index (χ0n) is 10.8. The molecule has 1 aliphatic heterocycles. The van der Waals surface area contributed by atoms with Gasteiger partial charge < -0.3 is 20.5 Å². The fourth-order valence-electron chi connectivity index (χ4n) is 2.42. The van der Waals surface area contributed by atoms with Gasteiger partial charge in [-0.05, 0) is 18.8 Å². The highest BCUT2D eigenvalue weighted by molar-refractivity contribution is 5.69. The van der Waals surface area contributed by atoms with Crippen LogP contribution in [-0.4, -0.2) is 54.7 Å². The maximum Gasteiger partial charge on any atom is 0.306 e. The van der Waals surface area contributed by atoms with Crippen LogP contribution in [0.5, 0.6) is 0 Å². The molecule has 1 rings (SSSR count). The zero-order chi connectivity index (χ0) is 13.5. The van der Waals surface area contributed by atoms with Crippen LogP contribution in [0.2, 0.25) is 0 Å². The summed E-state index contributed by atoms with van der Waals surface area (Å²) in [4.78, 5) is 23.8. The van der Waals surface area contributed by atoms with Gasteiger partial charge in [0.1, 0.15) is 0 Å². The number of carbonyl (C=O) groups excluding carboxylic acids is 1. The minimum Gasteiger partial charge on any atom is -0.481 e. The minimum absolute atomic E-state index is 0.0650. The third kappa shape index (κ3) is 5.46. The molecule has 6 nitrogen and oxygen atoms in total. The van der Waals surface area contributed by atoms with E-state index in [-0.39, 0.29) is 18.4 Å². The van der Waals surface area contributed by atoms with Crippen LogP contribution < -0.4 is 5.73 Å². The molecule has 0 saturated carbocycles. The summed E-state index contributed by atoms with van der Waals surface area (Å²) in [7, 11) is 1.37. The zero-order valence-corrected chi connectivity index (χ0v) is 10.8. The Morgan fingerprint density at radius 2 is 2.11 bits per heavy atom. The van der Waals surface area contributed by atoms with Gasteiger partial charge in [-0.1, -0.05) is 0 Å². The Morgan fingerprint density at radius 1 is 1.39 bits per heavy atom. The summed E-state index contributed by atoms with van der Waals surface area (Å²) in [6.45, 7) is 2.21. The SMILES string of the molecule is COC(=O)CCN1CC(N)CC(CCC(=O)O)C1. The molecule has 1 fully saturated rings. The number of hydrogen-bond acceptors (Lipinski definition) is 5. The van der Waals surface area contributed by atoms with Gasteiger partial charge in [0, 0.05) is 32.1 Å². The van der Waals surface area contributed by atoms with Gasteiger partial charge in [-0.2, -0.15) is 0 Å². The van der Waals surface area contributed by atoms with Crippen molar-refractivity contribution in [3.05, 3.63) is 0 Å². The third-order valence-electron chi connectivity index (χ3n) is 3.27. The van der Waals surface area contributed by atoms with E-state index in [9.17, 15) is 9.59 Å². The Balaban J connectivity index is 2.35. The number of hydrogen-bond donors (Lipinski definition) is 2. The van der Waals surface area contributed by atoms with Crippen molar-refractivity contribution in [2.45, 2.75) is 31.7 Å². The van der Waals surface area contributed by atoms with Crippen molar-refractivity contribution < 1.29 is 19.4 Å². The molecule has 18 heavy (non-hydrogen) atoms. The van der Waals surface area contributed by atoms with E-state index in [1.165, 1.54) is 7.11 Å². The average molecular weight is 258 g/mol. The number of esters is 1. The maximum atomic E-state index is 11.1. The van der Waals surface area contributed by atoms with Crippen LogP contribution in [0.1, 0.15) is 25.7 Å². The number of aliphatic carboxylic acids is 1. The molecule has 0 aromatic carbocycles. The van der Waals surface area contributed by atoms with Crippen LogP contribution >= 0.6 is 0 Å². The Labute approximate surface area is 107 Å². The lowest BCUT2D eigenvalue weighted by molar-refractivity contribution is -0.141. The first-order valence-electron chi connectivity index (χ1n) is 6.27. The number of nitrogens with two attached hydrogens (primary N) is 1. The number of rotatable bonds is 6. The number of piperidine rings is 1. The second-order valence-corrected chi connectivity index (χ2v) is 4.88. The number of methoxy groups -OCH3 is 1. The van der Waals surface area contributed by atoms with Crippen molar-refractivity contribution in [2.75, 3.05) is 26.7 Å². The molecular formula is C12H22N2O4. The van der Waals surface area contributed by atoms with Crippen molar-refractivity contribution in [1.29, 1.82) is 0 Å². The maximum absolute atomic E-state index is 11.1. The van der Waals surface area contributed by atoms with Gasteiger partial charge in [0.25, 0.3) is 0 Å². The molecule has 3 N–H and O–H groups in total. The fraction of sp³-hybridized carbons (Fsp3) is 0.833. The standard InChI is InChI=1S/C12H22N2O4/c1-18-12(17)4-5-14-7-9(2-3-11(15)16)6-10(13)8-14/h9-10H,2-8,13H2,1H3,(H,15,16). The molecule has 0 aromatic heterocycles. The molecule has 2 unspecified atom stereocenters. The molecule has 1 heterocycles. The predicted molar refractivity (Wildman–Crippen MR) is 66.0 cm³/mol. The molecule has 0 radical (unpaired) electrons. The highest BCUT2D eigenvalue weighted by atomic mass is 16.5. The van der Waals surface area contributed by atoms with Gasteiger partial charge in [0.15, 0.2) is 0 Å². The molecule has 104 valence electrons. The number of likely N-dealkylation sites (tertiary alicyclic amines) is 1. The summed E-state index contributed by atoms with van der Waals surface area (Å²) in [6, 6.07) is 0.0650. The van der Waals surface area contributed by atoms with Crippen LogP contribution in [0.4, 0.5) is 0 Å². The number of carboxylic acid groups (broad SMARTS) is 1. The first-order valence-corrected chi connectivity index (χ1v) is 6.27. The van der Waals surface area contributed by atoms with E-state index >= 15 is 0 Å². The molecular weight excluding hydrogens is 236 g/mol. The minimum atomic E-state index is -0.768. The number of nitrogens with zero attached hydrogens (tertiary/aromatic N) is 1. The first kappa shape index (κ1) is 14.9. The van der Waals surface area contributed by atoms with Gasteiger partial charge in [-0.3, -0.25) is 9.59 Å². The molecule has 0 spiro atoms. The third-order valence-corrected chi connectivity index (χ3v) is 3.27. The molecule has 6 heteroatoms. The van der Waals surface area contributed by atoms with E-state index in [0.717, 1.165) is 19.5 Å². The van der Waals surface area contributed by atoms with E-state index in [0.29, 0.717) is 25.3 Å². The summed E-state index contributed by atoms with van der Waals surface area (Å²) >= 11 is 0. The second kappa shape index (κ2) is 7.33. The van der Waals surface area contributed by atoms with E-state index in [1.54, 1.807) is 0 Å². The molecule has 0 amide bonds.